The Bertz CT molecular complexity index is 469. The molecule has 0 radical (unpaired) electrons. The first kappa shape index (κ1) is 11.7. The first-order valence-electron chi connectivity index (χ1n) is 3.65. The number of carbonyl (C=O) groups is 1. The van der Waals surface area contributed by atoms with Crippen LogP contribution in [0.1, 0.15) is 10.4 Å². The van der Waals surface area contributed by atoms with Crippen LogP contribution in [0.15, 0.2) is 29.2 Å². The molecule has 1 aliphatic heterocycles. The zero-order valence-corrected chi connectivity index (χ0v) is 10.4. The molecule has 0 N–H and O–H groups in total. The van der Waals surface area contributed by atoms with Crippen LogP contribution >= 0.6 is 0 Å². The van der Waals surface area contributed by atoms with Gasteiger partial charge in [-0.25, -0.2) is 8.42 Å². The summed E-state index contributed by atoms with van der Waals surface area (Å²) in [5.41, 5.74) is 0.175. The van der Waals surface area contributed by atoms with Gasteiger partial charge in [-0.3, -0.25) is 0 Å². The van der Waals surface area contributed by atoms with Crippen molar-refractivity contribution >= 4 is 15.7 Å². The third-order valence-electron chi connectivity index (χ3n) is 1.83. The quantitative estimate of drug-likeness (QED) is 0.472. The van der Waals surface area contributed by atoms with Gasteiger partial charge in [0.05, 0.1) is 10.8 Å². The van der Waals surface area contributed by atoms with Gasteiger partial charge in [0.2, 0.25) is 0 Å². The van der Waals surface area contributed by atoms with Gasteiger partial charge < -0.3 is 10.1 Å². The van der Waals surface area contributed by atoms with Gasteiger partial charge in [-0.05, 0) is 11.9 Å². The van der Waals surface area contributed by atoms with E-state index in [1.165, 1.54) is 12.1 Å². The summed E-state index contributed by atoms with van der Waals surface area (Å²) >= 11 is 0. The van der Waals surface area contributed by atoms with E-state index in [2.05, 4.69) is 5.32 Å². The molecule has 0 spiro atoms. The van der Waals surface area contributed by atoms with E-state index < -0.39 is 21.6 Å². The Morgan fingerprint density at radius 1 is 1.21 bits per heavy atom. The second kappa shape index (κ2) is 4.02. The first-order valence-corrected chi connectivity index (χ1v) is 5.30. The molecule has 0 fully saturated rings. The number of fused-ring (bicyclic) bond motifs is 1. The molecule has 0 bridgehead atoms. The van der Waals surface area contributed by atoms with Crippen LogP contribution in [0.25, 0.3) is 5.32 Å². The van der Waals surface area contributed by atoms with E-state index in [0.717, 1.165) is 0 Å². The average Bonchev–Trinajstić information content (AvgIpc) is 2.13. The van der Waals surface area contributed by atoms with Gasteiger partial charge in [0.15, 0.2) is 9.84 Å². The minimum atomic E-state index is -3.36. The number of rotatable bonds is 0. The first-order chi connectivity index (χ1) is 6.11. The summed E-state index contributed by atoms with van der Waals surface area (Å²) in [6.45, 7) is 0. The van der Waals surface area contributed by atoms with Crippen LogP contribution in [0.5, 0.6) is 0 Å². The molecule has 1 amide bonds. The maximum atomic E-state index is 11.4. The predicted octanol–water partition coefficient (Wildman–Crippen LogP) is -2.05. The molecule has 6 heteroatoms. The molecule has 0 unspecified atom stereocenters. The van der Waals surface area contributed by atoms with Gasteiger partial charge >= 0.3 is 29.6 Å². The molecule has 1 aliphatic rings. The van der Waals surface area contributed by atoms with Crippen molar-refractivity contribution in [2.75, 3.05) is 5.88 Å². The number of amides is 1. The zero-order valence-electron chi connectivity index (χ0n) is 7.60. The van der Waals surface area contributed by atoms with E-state index in [1.807, 2.05) is 0 Å². The Morgan fingerprint density at radius 3 is 2.50 bits per heavy atom. The Morgan fingerprint density at radius 2 is 1.86 bits per heavy atom. The molecule has 2 rings (SSSR count). The van der Waals surface area contributed by atoms with Crippen molar-refractivity contribution in [1.82, 2.24) is 0 Å². The summed E-state index contributed by atoms with van der Waals surface area (Å²) in [6.07, 6.45) is 0. The van der Waals surface area contributed by atoms with Crippen molar-refractivity contribution in [3.05, 3.63) is 35.1 Å². The Balaban J connectivity index is 0.000000980. The minimum absolute atomic E-state index is 0. The van der Waals surface area contributed by atoms with Gasteiger partial charge in [-0.1, -0.05) is 18.2 Å². The third-order valence-corrected chi connectivity index (χ3v) is 3.33. The maximum absolute atomic E-state index is 11.4. The summed E-state index contributed by atoms with van der Waals surface area (Å²) in [5, 5.41) is 3.40. The Labute approximate surface area is 104 Å². The van der Waals surface area contributed by atoms with Crippen molar-refractivity contribution in [3.63, 3.8) is 0 Å². The van der Waals surface area contributed by atoms with Crippen LogP contribution < -0.4 is 29.6 Å². The molecule has 0 aliphatic carbocycles. The predicted molar refractivity (Wildman–Crippen MR) is 46.2 cm³/mol. The maximum Gasteiger partial charge on any atom is 1.00 e. The Kier molecular flexibility index (Phi) is 3.36. The fourth-order valence-corrected chi connectivity index (χ4v) is 2.42. The zero-order chi connectivity index (χ0) is 9.47. The van der Waals surface area contributed by atoms with Gasteiger partial charge in [-0.15, -0.1) is 0 Å². The fourth-order valence-electron chi connectivity index (χ4n) is 1.21. The van der Waals surface area contributed by atoms with Crippen molar-refractivity contribution in [3.8, 4) is 0 Å². The molecule has 1 aromatic rings. The van der Waals surface area contributed by atoms with Crippen LogP contribution in [0.4, 0.5) is 0 Å². The number of hydrogen-bond donors (Lipinski definition) is 0. The van der Waals surface area contributed by atoms with E-state index >= 15 is 0 Å². The largest absolute Gasteiger partial charge is 1.00 e. The summed E-state index contributed by atoms with van der Waals surface area (Å²) in [5.74, 6) is -0.881. The molecular formula is C8H6NNaO3S. The normalized spacial score (nSPS) is 17.6. The van der Waals surface area contributed by atoms with Crippen LogP contribution in [0.2, 0.25) is 0 Å². The molecule has 4 nitrogen and oxygen atoms in total. The van der Waals surface area contributed by atoms with Gasteiger partial charge in [0.1, 0.15) is 0 Å². The SMILES string of the molecule is O=C1[N-]CS(=O)(=O)c2ccccc21.[Na+]. The number of carbonyl (C=O) groups excluding carboxylic acids is 1. The average molecular weight is 219 g/mol. The van der Waals surface area contributed by atoms with Crippen LogP contribution in [0.3, 0.4) is 0 Å². The fraction of sp³-hybridized carbons (Fsp3) is 0.125. The van der Waals surface area contributed by atoms with Crippen molar-refractivity contribution in [2.24, 2.45) is 0 Å². The molecule has 0 saturated heterocycles. The van der Waals surface area contributed by atoms with E-state index in [-0.39, 0.29) is 40.0 Å². The number of sulfone groups is 1. The van der Waals surface area contributed by atoms with Gasteiger partial charge in [0, 0.05) is 5.56 Å². The Hall–Kier alpha value is -0.360. The van der Waals surface area contributed by atoms with Crippen LogP contribution in [-0.2, 0) is 9.84 Å². The van der Waals surface area contributed by atoms with E-state index in [9.17, 15) is 13.2 Å². The van der Waals surface area contributed by atoms with Crippen molar-refractivity contribution in [2.45, 2.75) is 4.90 Å². The molecule has 14 heavy (non-hydrogen) atoms. The monoisotopic (exact) mass is 219 g/mol. The second-order valence-electron chi connectivity index (χ2n) is 2.70. The molecular weight excluding hydrogens is 213 g/mol. The van der Waals surface area contributed by atoms with Crippen molar-refractivity contribution in [1.29, 1.82) is 0 Å². The standard InChI is InChI=1S/C8H7NO3S.Na/c10-8-6-3-1-2-4-7(6)13(11,12)5-9-8;/h1-4H,5H2,(H,9,10);/q;+1/p-1. The summed E-state index contributed by atoms with van der Waals surface area (Å²) in [4.78, 5) is 11.2. The molecule has 68 valence electrons. The van der Waals surface area contributed by atoms with E-state index in [4.69, 9.17) is 0 Å². The number of hydrogen-bond acceptors (Lipinski definition) is 3. The summed E-state index contributed by atoms with van der Waals surface area (Å²) < 4.78 is 22.7. The topological polar surface area (TPSA) is 65.3 Å². The minimum Gasteiger partial charge on any atom is -0.637 e. The van der Waals surface area contributed by atoms with E-state index in [1.54, 1.807) is 12.1 Å². The van der Waals surface area contributed by atoms with E-state index in [0.29, 0.717) is 0 Å². The third kappa shape index (κ3) is 1.86. The molecule has 0 aromatic heterocycles. The molecule has 0 saturated carbocycles. The summed E-state index contributed by atoms with van der Waals surface area (Å²) in [6, 6.07) is 6.11. The molecule has 0 atom stereocenters. The van der Waals surface area contributed by atoms with Crippen LogP contribution in [-0.4, -0.2) is 20.2 Å². The van der Waals surface area contributed by atoms with Gasteiger partial charge in [-0.2, -0.15) is 0 Å². The second-order valence-corrected chi connectivity index (χ2v) is 4.63. The van der Waals surface area contributed by atoms with Crippen LogP contribution in [0, 0.1) is 0 Å². The molecule has 1 aromatic carbocycles. The van der Waals surface area contributed by atoms with Gasteiger partial charge in [0.25, 0.3) is 0 Å². The smallest absolute Gasteiger partial charge is 0.637 e. The number of benzene rings is 1. The van der Waals surface area contributed by atoms with Crippen molar-refractivity contribution < 1.29 is 42.8 Å². The summed E-state index contributed by atoms with van der Waals surface area (Å²) in [7, 11) is -3.36. The molecule has 1 heterocycles. The number of nitrogens with zero attached hydrogens (tertiary/aromatic N) is 1.